The molecule has 9 heteroatoms. The Morgan fingerprint density at radius 2 is 1.61 bits per heavy atom. The third-order valence-corrected chi connectivity index (χ3v) is 6.65. The zero-order chi connectivity index (χ0) is 25.1. The van der Waals surface area contributed by atoms with E-state index in [9.17, 15) is 22.2 Å². The first-order chi connectivity index (χ1) is 15.2. The highest BCUT2D eigenvalue weighted by Gasteiger charge is 2.22. The van der Waals surface area contributed by atoms with Gasteiger partial charge in [-0.05, 0) is 72.5 Å². The van der Waals surface area contributed by atoms with Crippen molar-refractivity contribution in [2.24, 2.45) is 9.50 Å². The van der Waals surface area contributed by atoms with Crippen molar-refractivity contribution in [1.82, 2.24) is 4.90 Å². The maximum absolute atomic E-state index is 14.6. The van der Waals surface area contributed by atoms with Gasteiger partial charge < -0.3 is 4.90 Å². The fraction of sp³-hybridized carbons (Fsp3) is 0.458. The van der Waals surface area contributed by atoms with Gasteiger partial charge in [0.15, 0.2) is 0 Å². The van der Waals surface area contributed by atoms with Gasteiger partial charge in [-0.1, -0.05) is 33.8 Å². The van der Waals surface area contributed by atoms with E-state index in [1.54, 1.807) is 6.07 Å². The van der Waals surface area contributed by atoms with E-state index in [0.717, 1.165) is 0 Å². The predicted molar refractivity (Wildman–Crippen MR) is 125 cm³/mol. The highest BCUT2D eigenvalue weighted by molar-refractivity contribution is 7.91. The molecule has 0 saturated carbocycles. The van der Waals surface area contributed by atoms with Crippen molar-refractivity contribution in [3.63, 3.8) is 0 Å². The number of amides is 1. The molecule has 0 saturated heterocycles. The summed E-state index contributed by atoms with van der Waals surface area (Å²) in [4.78, 5) is 14.3. The van der Waals surface area contributed by atoms with Crippen molar-refractivity contribution < 1.29 is 22.2 Å². The third kappa shape index (κ3) is 6.88. The van der Waals surface area contributed by atoms with E-state index in [1.165, 1.54) is 24.3 Å². The van der Waals surface area contributed by atoms with Gasteiger partial charge in [-0.25, -0.2) is 22.5 Å². The molecule has 0 bridgehead atoms. The number of hydrogen-bond acceptors (Lipinski definition) is 3. The molecule has 2 rings (SSSR count). The Bertz CT molecular complexity index is 1110. The lowest BCUT2D eigenvalue weighted by molar-refractivity contribution is -0.117. The second kappa shape index (κ2) is 10.8. The Labute approximate surface area is 194 Å². The average Bonchev–Trinajstić information content (AvgIpc) is 2.66. The molecule has 0 heterocycles. The summed E-state index contributed by atoms with van der Waals surface area (Å²) < 4.78 is 58.1. The van der Waals surface area contributed by atoms with Crippen LogP contribution in [0.15, 0.2) is 39.6 Å². The Hall–Kier alpha value is -2.23. The van der Waals surface area contributed by atoms with Crippen LogP contribution in [0.25, 0.3) is 0 Å². The molecule has 182 valence electrons. The first kappa shape index (κ1) is 27.0. The van der Waals surface area contributed by atoms with Crippen LogP contribution < -0.4 is 5.14 Å². The number of carbonyl (C=O) groups is 1. The molecule has 2 N–H and O–H groups in total. The summed E-state index contributed by atoms with van der Waals surface area (Å²) in [5.74, 6) is -1.86. The smallest absolute Gasteiger partial charge is 0.263 e. The van der Waals surface area contributed by atoms with E-state index in [4.69, 9.17) is 5.14 Å². The third-order valence-electron chi connectivity index (χ3n) is 5.21. The van der Waals surface area contributed by atoms with Crippen LogP contribution in [0.4, 0.5) is 13.2 Å². The number of alkyl halides is 2. The maximum Gasteiger partial charge on any atom is 0.263 e. The molecule has 1 amide bonds. The summed E-state index contributed by atoms with van der Waals surface area (Å²) in [7, 11) is -0.167. The highest BCUT2D eigenvalue weighted by atomic mass is 32.2. The molecule has 5 nitrogen and oxygen atoms in total. The molecular formula is C24H32F3N3O2S. The Balaban J connectivity index is 2.48. The Kier molecular flexibility index (Phi) is 8.84. The summed E-state index contributed by atoms with van der Waals surface area (Å²) in [5.41, 5.74) is 2.31. The highest BCUT2D eigenvalue weighted by Crippen LogP contribution is 2.33. The summed E-state index contributed by atoms with van der Waals surface area (Å²) in [6, 6.07) is 6.88. The van der Waals surface area contributed by atoms with Crippen molar-refractivity contribution in [3.05, 3.63) is 64.0 Å². The van der Waals surface area contributed by atoms with Gasteiger partial charge in [-0.2, -0.15) is 0 Å². The average molecular weight is 484 g/mol. The van der Waals surface area contributed by atoms with Crippen molar-refractivity contribution >= 4 is 15.8 Å². The summed E-state index contributed by atoms with van der Waals surface area (Å²) >= 11 is 0. The molecule has 1 atom stereocenters. The number of hydrogen-bond donors (Lipinski definition) is 1. The van der Waals surface area contributed by atoms with Crippen molar-refractivity contribution in [1.29, 1.82) is 0 Å². The van der Waals surface area contributed by atoms with E-state index in [2.05, 4.69) is 4.36 Å². The van der Waals surface area contributed by atoms with Crippen molar-refractivity contribution in [2.45, 2.75) is 63.8 Å². The maximum atomic E-state index is 14.6. The molecule has 0 aliphatic carbocycles. The van der Waals surface area contributed by atoms with E-state index in [-0.39, 0.29) is 28.7 Å². The van der Waals surface area contributed by atoms with E-state index in [1.807, 2.05) is 46.7 Å². The molecule has 0 aromatic heterocycles. The molecule has 0 fully saturated rings. The number of nitrogens with zero attached hydrogens (tertiary/aromatic N) is 2. The van der Waals surface area contributed by atoms with Crippen LogP contribution in [0, 0.1) is 5.82 Å². The molecule has 2 aromatic rings. The largest absolute Gasteiger partial charge is 0.305 e. The van der Waals surface area contributed by atoms with Gasteiger partial charge in [-0.15, -0.1) is 4.36 Å². The van der Waals surface area contributed by atoms with Crippen molar-refractivity contribution in [3.8, 4) is 0 Å². The van der Waals surface area contributed by atoms with Gasteiger partial charge in [0.1, 0.15) is 15.7 Å². The molecule has 0 aliphatic heterocycles. The normalized spacial score (nSPS) is 13.8. The summed E-state index contributed by atoms with van der Waals surface area (Å²) in [6.45, 7) is 7.85. The van der Waals surface area contributed by atoms with Crippen LogP contribution >= 0.6 is 0 Å². The number of benzene rings is 2. The van der Waals surface area contributed by atoms with Gasteiger partial charge in [0.05, 0.1) is 11.3 Å². The van der Waals surface area contributed by atoms with Crippen LogP contribution in [0.5, 0.6) is 0 Å². The molecule has 0 radical (unpaired) electrons. The van der Waals surface area contributed by atoms with E-state index >= 15 is 0 Å². The van der Waals surface area contributed by atoms with Gasteiger partial charge in [-0.3, -0.25) is 4.79 Å². The molecule has 33 heavy (non-hydrogen) atoms. The second-order valence-corrected chi connectivity index (χ2v) is 10.8. The van der Waals surface area contributed by atoms with Gasteiger partial charge in [0, 0.05) is 12.1 Å². The molecule has 0 spiro atoms. The first-order valence-corrected chi connectivity index (χ1v) is 12.3. The minimum absolute atomic E-state index is 0.113. The number of halogens is 3. The monoisotopic (exact) mass is 483 g/mol. The zero-order valence-electron chi connectivity index (χ0n) is 19.9. The van der Waals surface area contributed by atoms with Crippen LogP contribution in [-0.4, -0.2) is 29.1 Å². The van der Waals surface area contributed by atoms with E-state index in [0.29, 0.717) is 28.8 Å². The predicted octanol–water partition coefficient (Wildman–Crippen LogP) is 5.54. The molecule has 1 unspecified atom stereocenters. The minimum Gasteiger partial charge on any atom is -0.305 e. The Morgan fingerprint density at radius 1 is 1.06 bits per heavy atom. The van der Waals surface area contributed by atoms with Crippen LogP contribution in [-0.2, 0) is 27.7 Å². The number of rotatable bonds is 8. The molecule has 2 aromatic carbocycles. The number of carbonyl (C=O) groups excluding carboxylic acids is 1. The van der Waals surface area contributed by atoms with Crippen LogP contribution in [0.3, 0.4) is 0 Å². The quantitative estimate of drug-likeness (QED) is 0.536. The SMILES string of the molecule is CC(C)c1cc(C(F)F)cc(C(C)C)c1CC(=O)N=S(N)(=O)c1ccc(CN(C)C)cc1F. The molecular weight excluding hydrogens is 451 g/mol. The van der Waals surface area contributed by atoms with Crippen molar-refractivity contribution in [2.75, 3.05) is 14.1 Å². The Morgan fingerprint density at radius 3 is 2.03 bits per heavy atom. The minimum atomic E-state index is -3.83. The fourth-order valence-electron chi connectivity index (χ4n) is 3.73. The lowest BCUT2D eigenvalue weighted by Gasteiger charge is -2.21. The second-order valence-electron chi connectivity index (χ2n) is 9.02. The molecule has 0 aliphatic rings. The topological polar surface area (TPSA) is 75.8 Å². The fourth-order valence-corrected chi connectivity index (χ4v) is 4.80. The van der Waals surface area contributed by atoms with Gasteiger partial charge >= 0.3 is 0 Å². The lowest BCUT2D eigenvalue weighted by atomic mass is 9.85. The standard InChI is InChI=1S/C24H32F3N3O2S/c1-14(2)18-10-17(24(26)27)11-19(15(3)4)20(18)12-23(31)29-33(28,32)22-8-7-16(9-21(22)25)13-30(5)6/h7-11,14-15,24H,12-13H2,1-6H3,(H2,28,29,31,32). The zero-order valence-corrected chi connectivity index (χ0v) is 20.7. The summed E-state index contributed by atoms with van der Waals surface area (Å²) in [6.07, 6.45) is -2.91. The van der Waals surface area contributed by atoms with Gasteiger partial charge in [0.25, 0.3) is 12.3 Å². The lowest BCUT2D eigenvalue weighted by Crippen LogP contribution is -2.19. The first-order valence-electron chi connectivity index (χ1n) is 10.7. The van der Waals surface area contributed by atoms with Crippen LogP contribution in [0.1, 0.15) is 73.8 Å². The van der Waals surface area contributed by atoms with E-state index < -0.39 is 28.1 Å². The van der Waals surface area contributed by atoms with Gasteiger partial charge in [0.2, 0.25) is 0 Å². The van der Waals surface area contributed by atoms with Crippen LogP contribution in [0.2, 0.25) is 0 Å². The number of nitrogens with two attached hydrogens (primary N) is 1. The summed E-state index contributed by atoms with van der Waals surface area (Å²) in [5, 5.41) is 5.80.